The minimum Gasteiger partial charge on any atom is -0.469 e. The van der Waals surface area contributed by atoms with Crippen molar-refractivity contribution in [2.75, 3.05) is 30.8 Å². The van der Waals surface area contributed by atoms with Gasteiger partial charge in [-0.25, -0.2) is 9.78 Å². The van der Waals surface area contributed by atoms with E-state index in [1.54, 1.807) is 10.3 Å². The van der Waals surface area contributed by atoms with Gasteiger partial charge in [0.05, 0.1) is 25.1 Å². The maximum absolute atomic E-state index is 12.5. The first-order chi connectivity index (χ1) is 13.9. The van der Waals surface area contributed by atoms with Crippen LogP contribution >= 0.6 is 11.3 Å². The van der Waals surface area contributed by atoms with E-state index in [2.05, 4.69) is 15.6 Å². The Kier molecular flexibility index (Phi) is 6.82. The monoisotopic (exact) mass is 416 g/mol. The molecule has 29 heavy (non-hydrogen) atoms. The lowest BCUT2D eigenvalue weighted by atomic mass is 9.97. The summed E-state index contributed by atoms with van der Waals surface area (Å²) >= 11 is 1.27. The SMILES string of the molecule is COC(=O)C1CCN(C(=O)Cc2csc(NC(=O)Nc3cccc(C)c3)n2)CC1. The van der Waals surface area contributed by atoms with Crippen LogP contribution in [0.25, 0.3) is 0 Å². The number of nitrogens with one attached hydrogen (secondary N) is 2. The van der Waals surface area contributed by atoms with E-state index in [-0.39, 0.29) is 30.2 Å². The van der Waals surface area contributed by atoms with E-state index in [1.807, 2.05) is 31.2 Å². The number of carbonyl (C=O) groups excluding carboxylic acids is 3. The van der Waals surface area contributed by atoms with Crippen LogP contribution in [0.2, 0.25) is 0 Å². The number of nitrogens with zero attached hydrogens (tertiary/aromatic N) is 2. The van der Waals surface area contributed by atoms with Crippen LogP contribution in [-0.4, -0.2) is 48.0 Å². The molecule has 0 bridgehead atoms. The number of amides is 3. The van der Waals surface area contributed by atoms with E-state index < -0.39 is 0 Å². The standard InChI is InChI=1S/C20H24N4O4S/c1-13-4-3-5-15(10-13)21-19(27)23-20-22-16(12-29-20)11-17(25)24-8-6-14(7-9-24)18(26)28-2/h3-5,10,12,14H,6-9,11H2,1-2H3,(H2,21,22,23,27). The molecular formula is C20H24N4O4S. The van der Waals surface area contributed by atoms with E-state index in [9.17, 15) is 14.4 Å². The van der Waals surface area contributed by atoms with Gasteiger partial charge in [0.2, 0.25) is 5.91 Å². The molecule has 1 aromatic carbocycles. The Morgan fingerprint density at radius 3 is 2.69 bits per heavy atom. The number of piperidine rings is 1. The van der Waals surface area contributed by atoms with Crippen LogP contribution in [0.1, 0.15) is 24.1 Å². The highest BCUT2D eigenvalue weighted by molar-refractivity contribution is 7.14. The number of methoxy groups -OCH3 is 1. The minimum atomic E-state index is -0.382. The van der Waals surface area contributed by atoms with Gasteiger partial charge in [-0.05, 0) is 37.5 Å². The van der Waals surface area contributed by atoms with Crippen LogP contribution in [0.3, 0.4) is 0 Å². The van der Waals surface area contributed by atoms with E-state index in [0.29, 0.717) is 42.4 Å². The Morgan fingerprint density at radius 2 is 2.00 bits per heavy atom. The summed E-state index contributed by atoms with van der Waals surface area (Å²) < 4.78 is 4.77. The summed E-state index contributed by atoms with van der Waals surface area (Å²) in [5.74, 6) is -0.378. The van der Waals surface area contributed by atoms with Gasteiger partial charge in [0, 0.05) is 24.2 Å². The molecule has 1 fully saturated rings. The number of esters is 1. The summed E-state index contributed by atoms with van der Waals surface area (Å²) in [6.45, 7) is 3.02. The third kappa shape index (κ3) is 5.77. The highest BCUT2D eigenvalue weighted by Gasteiger charge is 2.28. The number of aryl methyl sites for hydroxylation is 1. The lowest BCUT2D eigenvalue weighted by Crippen LogP contribution is -2.41. The number of urea groups is 1. The van der Waals surface area contributed by atoms with E-state index in [1.165, 1.54) is 18.4 Å². The highest BCUT2D eigenvalue weighted by Crippen LogP contribution is 2.21. The molecule has 154 valence electrons. The molecule has 0 radical (unpaired) electrons. The molecule has 8 nitrogen and oxygen atoms in total. The molecule has 3 amide bonds. The zero-order valence-electron chi connectivity index (χ0n) is 16.4. The molecule has 9 heteroatoms. The van der Waals surface area contributed by atoms with Crippen LogP contribution in [0, 0.1) is 12.8 Å². The van der Waals surface area contributed by atoms with Crippen molar-refractivity contribution in [2.24, 2.45) is 5.92 Å². The zero-order chi connectivity index (χ0) is 20.8. The van der Waals surface area contributed by atoms with Gasteiger partial charge in [-0.3, -0.25) is 14.9 Å². The summed E-state index contributed by atoms with van der Waals surface area (Å²) in [7, 11) is 1.38. The van der Waals surface area contributed by atoms with Crippen LogP contribution in [0.15, 0.2) is 29.6 Å². The predicted molar refractivity (Wildman–Crippen MR) is 111 cm³/mol. The molecule has 0 unspecified atom stereocenters. The molecule has 1 saturated heterocycles. The van der Waals surface area contributed by atoms with Crippen molar-refractivity contribution in [1.29, 1.82) is 0 Å². The molecule has 2 N–H and O–H groups in total. The number of hydrogen-bond donors (Lipinski definition) is 2. The van der Waals surface area contributed by atoms with Gasteiger partial charge >= 0.3 is 12.0 Å². The van der Waals surface area contributed by atoms with Gasteiger partial charge in [-0.15, -0.1) is 11.3 Å². The number of likely N-dealkylation sites (tertiary alicyclic amines) is 1. The van der Waals surface area contributed by atoms with Crippen LogP contribution in [-0.2, 0) is 20.7 Å². The largest absolute Gasteiger partial charge is 0.469 e. The molecule has 1 aliphatic heterocycles. The molecular weight excluding hydrogens is 392 g/mol. The Labute approximate surface area is 173 Å². The first-order valence-electron chi connectivity index (χ1n) is 9.39. The van der Waals surface area contributed by atoms with Gasteiger partial charge in [0.25, 0.3) is 0 Å². The van der Waals surface area contributed by atoms with Crippen molar-refractivity contribution in [1.82, 2.24) is 9.88 Å². The Morgan fingerprint density at radius 1 is 1.24 bits per heavy atom. The number of ether oxygens (including phenoxy) is 1. The van der Waals surface area contributed by atoms with Crippen molar-refractivity contribution in [3.63, 3.8) is 0 Å². The topological polar surface area (TPSA) is 101 Å². The molecule has 0 saturated carbocycles. The van der Waals surface area contributed by atoms with Crippen LogP contribution in [0.5, 0.6) is 0 Å². The fourth-order valence-electron chi connectivity index (χ4n) is 3.23. The fraction of sp³-hybridized carbons (Fsp3) is 0.400. The zero-order valence-corrected chi connectivity index (χ0v) is 17.3. The molecule has 2 heterocycles. The van der Waals surface area contributed by atoms with E-state index in [4.69, 9.17) is 4.74 Å². The molecule has 2 aromatic rings. The third-order valence-corrected chi connectivity index (χ3v) is 5.57. The summed E-state index contributed by atoms with van der Waals surface area (Å²) in [5, 5.41) is 7.64. The molecule has 1 aliphatic rings. The van der Waals surface area contributed by atoms with Gasteiger partial charge in [0.15, 0.2) is 5.13 Å². The minimum absolute atomic E-state index is 0.0330. The molecule has 1 aromatic heterocycles. The Bertz CT molecular complexity index is 890. The smallest absolute Gasteiger partial charge is 0.325 e. The summed E-state index contributed by atoms with van der Waals surface area (Å²) in [4.78, 5) is 42.3. The van der Waals surface area contributed by atoms with Crippen molar-refractivity contribution in [2.45, 2.75) is 26.2 Å². The number of aromatic nitrogens is 1. The second-order valence-electron chi connectivity index (χ2n) is 6.95. The summed E-state index contributed by atoms with van der Waals surface area (Å²) in [6, 6.07) is 7.11. The molecule has 0 aliphatic carbocycles. The summed E-state index contributed by atoms with van der Waals surface area (Å²) in [6.07, 6.45) is 1.39. The highest BCUT2D eigenvalue weighted by atomic mass is 32.1. The molecule has 0 spiro atoms. The number of benzene rings is 1. The van der Waals surface area contributed by atoms with Gasteiger partial charge in [-0.2, -0.15) is 0 Å². The lowest BCUT2D eigenvalue weighted by Gasteiger charge is -2.30. The summed E-state index contributed by atoms with van der Waals surface area (Å²) in [5.41, 5.74) is 2.36. The van der Waals surface area contributed by atoms with Gasteiger partial charge in [-0.1, -0.05) is 12.1 Å². The quantitative estimate of drug-likeness (QED) is 0.730. The number of rotatable bonds is 5. The maximum Gasteiger partial charge on any atom is 0.325 e. The number of hydrogen-bond acceptors (Lipinski definition) is 6. The lowest BCUT2D eigenvalue weighted by molar-refractivity contribution is -0.148. The van der Waals surface area contributed by atoms with Crippen molar-refractivity contribution < 1.29 is 19.1 Å². The van der Waals surface area contributed by atoms with E-state index >= 15 is 0 Å². The Balaban J connectivity index is 1.48. The van der Waals surface area contributed by atoms with Crippen LogP contribution < -0.4 is 10.6 Å². The average molecular weight is 417 g/mol. The Hall–Kier alpha value is -2.94. The van der Waals surface area contributed by atoms with Crippen LogP contribution in [0.4, 0.5) is 15.6 Å². The second-order valence-corrected chi connectivity index (χ2v) is 7.81. The number of carbonyl (C=O) groups is 3. The van der Waals surface area contributed by atoms with Gasteiger partial charge in [0.1, 0.15) is 0 Å². The van der Waals surface area contributed by atoms with Crippen molar-refractivity contribution in [3.8, 4) is 0 Å². The van der Waals surface area contributed by atoms with Gasteiger partial charge < -0.3 is 15.0 Å². The molecule has 3 rings (SSSR count). The van der Waals surface area contributed by atoms with Crippen molar-refractivity contribution in [3.05, 3.63) is 40.9 Å². The first kappa shape index (κ1) is 20.8. The third-order valence-electron chi connectivity index (χ3n) is 4.76. The first-order valence-corrected chi connectivity index (χ1v) is 10.3. The second kappa shape index (κ2) is 9.51. The number of anilines is 2. The van der Waals surface area contributed by atoms with E-state index in [0.717, 1.165) is 5.56 Å². The maximum atomic E-state index is 12.5. The normalized spacial score (nSPS) is 14.3. The van der Waals surface area contributed by atoms with Crippen molar-refractivity contribution >= 4 is 40.1 Å². The average Bonchev–Trinajstić information content (AvgIpc) is 3.13. The molecule has 0 atom stereocenters. The predicted octanol–water partition coefficient (Wildman–Crippen LogP) is 3.05. The number of thiazole rings is 1. The fourth-order valence-corrected chi connectivity index (χ4v) is 3.93.